The van der Waals surface area contributed by atoms with Crippen LogP contribution in [0.4, 0.5) is 19.1 Å². The molecule has 3 atom stereocenters. The third-order valence-electron chi connectivity index (χ3n) is 4.30. The van der Waals surface area contributed by atoms with Crippen LogP contribution in [0.3, 0.4) is 0 Å². The first-order valence-electron chi connectivity index (χ1n) is 8.27. The minimum atomic E-state index is -4.49. The van der Waals surface area contributed by atoms with Crippen LogP contribution in [0.15, 0.2) is 34.9 Å². The van der Waals surface area contributed by atoms with E-state index in [0.29, 0.717) is 5.69 Å². The van der Waals surface area contributed by atoms with Crippen molar-refractivity contribution in [3.63, 3.8) is 0 Å². The molecule has 0 bridgehead atoms. The van der Waals surface area contributed by atoms with Gasteiger partial charge in [0.2, 0.25) is 5.88 Å². The third kappa shape index (κ3) is 4.29. The molecule has 1 aromatic carbocycles. The average Bonchev–Trinajstić information content (AvgIpc) is 3.30. The summed E-state index contributed by atoms with van der Waals surface area (Å²) in [7, 11) is 0. The van der Waals surface area contributed by atoms with Crippen molar-refractivity contribution in [2.24, 2.45) is 5.92 Å². The number of ether oxygens (including phenoxy) is 1. The molecule has 9 heteroatoms. The van der Waals surface area contributed by atoms with Crippen LogP contribution in [0.5, 0.6) is 0 Å². The summed E-state index contributed by atoms with van der Waals surface area (Å²) < 4.78 is 49.3. The predicted molar refractivity (Wildman–Crippen MR) is 87.7 cm³/mol. The van der Waals surface area contributed by atoms with Crippen molar-refractivity contribution >= 4 is 17.8 Å². The van der Waals surface area contributed by atoms with Crippen LogP contribution in [-0.4, -0.2) is 23.1 Å². The van der Waals surface area contributed by atoms with Gasteiger partial charge in [-0.1, -0.05) is 23.4 Å². The van der Waals surface area contributed by atoms with E-state index in [1.807, 2.05) is 0 Å². The van der Waals surface area contributed by atoms with Crippen molar-refractivity contribution in [3.05, 3.63) is 47.2 Å². The summed E-state index contributed by atoms with van der Waals surface area (Å²) in [5.74, 6) is -2.47. The number of alkyl halides is 3. The van der Waals surface area contributed by atoms with Crippen molar-refractivity contribution in [2.75, 3.05) is 5.32 Å². The number of benzene rings is 1. The van der Waals surface area contributed by atoms with Crippen molar-refractivity contribution in [1.82, 2.24) is 5.16 Å². The molecular weight excluding hydrogens is 365 g/mol. The fourth-order valence-electron chi connectivity index (χ4n) is 2.84. The predicted octanol–water partition coefficient (Wildman–Crippen LogP) is 3.68. The van der Waals surface area contributed by atoms with E-state index in [4.69, 9.17) is 9.26 Å². The molecule has 27 heavy (non-hydrogen) atoms. The van der Waals surface area contributed by atoms with Crippen LogP contribution < -0.4 is 5.32 Å². The number of nitrogens with one attached hydrogen (secondary N) is 1. The highest BCUT2D eigenvalue weighted by molar-refractivity contribution is 5.94. The maximum absolute atomic E-state index is 13.1. The van der Waals surface area contributed by atoms with Gasteiger partial charge in [-0.25, -0.2) is 0 Å². The largest absolute Gasteiger partial charge is 0.452 e. The lowest BCUT2D eigenvalue weighted by Gasteiger charge is -2.14. The summed E-state index contributed by atoms with van der Waals surface area (Å²) in [5, 5.41) is 6.02. The third-order valence-corrected chi connectivity index (χ3v) is 4.30. The molecule has 6 nitrogen and oxygen atoms in total. The molecule has 2 aromatic rings. The van der Waals surface area contributed by atoms with E-state index >= 15 is 0 Å². The number of rotatable bonds is 5. The van der Waals surface area contributed by atoms with E-state index in [9.17, 15) is 22.8 Å². The smallest absolute Gasteiger partial charge is 0.416 e. The summed E-state index contributed by atoms with van der Waals surface area (Å²) in [6.07, 6.45) is -5.36. The lowest BCUT2D eigenvalue weighted by atomic mass is 10.0. The average molecular weight is 382 g/mol. The van der Waals surface area contributed by atoms with Gasteiger partial charge in [-0.3, -0.25) is 14.9 Å². The van der Waals surface area contributed by atoms with Gasteiger partial charge in [-0.15, -0.1) is 0 Å². The number of aryl methyl sites for hydroxylation is 1. The normalized spacial score (nSPS) is 20.0. The van der Waals surface area contributed by atoms with E-state index in [1.165, 1.54) is 31.2 Å². The Morgan fingerprint density at radius 1 is 1.33 bits per heavy atom. The summed E-state index contributed by atoms with van der Waals surface area (Å²) in [6.45, 7) is 3.05. The SMILES string of the molecule is Cc1cc(NC(=O)[C@H](C)OC(=O)[C@H]2C[C@H]2c2ccccc2C(F)(F)F)on1. The number of esters is 1. The van der Waals surface area contributed by atoms with Gasteiger partial charge in [0.1, 0.15) is 0 Å². The number of nitrogens with zero attached hydrogens (tertiary/aromatic N) is 1. The van der Waals surface area contributed by atoms with Crippen LogP contribution in [-0.2, 0) is 20.5 Å². The number of anilines is 1. The molecule has 0 radical (unpaired) electrons. The maximum atomic E-state index is 13.1. The van der Waals surface area contributed by atoms with Crippen LogP contribution in [0.25, 0.3) is 0 Å². The Balaban J connectivity index is 1.60. The van der Waals surface area contributed by atoms with Gasteiger partial charge >= 0.3 is 12.1 Å². The number of hydrogen-bond acceptors (Lipinski definition) is 5. The van der Waals surface area contributed by atoms with Crippen molar-refractivity contribution < 1.29 is 32.0 Å². The number of aromatic nitrogens is 1. The first-order valence-corrected chi connectivity index (χ1v) is 8.27. The van der Waals surface area contributed by atoms with Gasteiger partial charge < -0.3 is 9.26 Å². The number of amides is 1. The van der Waals surface area contributed by atoms with Gasteiger partial charge in [-0.2, -0.15) is 13.2 Å². The summed E-state index contributed by atoms with van der Waals surface area (Å²) in [4.78, 5) is 24.2. The van der Waals surface area contributed by atoms with Crippen molar-refractivity contribution in [2.45, 2.75) is 38.5 Å². The standard InChI is InChI=1S/C18H17F3N2O4/c1-9-7-15(27-23-9)22-16(24)10(2)26-17(25)13-8-12(13)11-5-3-4-6-14(11)18(19,20)21/h3-7,10,12-13H,8H2,1-2H3,(H,22,24)/t10-,12-,13-/m0/s1. The van der Waals surface area contributed by atoms with Gasteiger partial charge in [-0.05, 0) is 37.8 Å². The van der Waals surface area contributed by atoms with Gasteiger partial charge in [0.15, 0.2) is 6.10 Å². The minimum Gasteiger partial charge on any atom is -0.452 e. The second-order valence-electron chi connectivity index (χ2n) is 6.43. The first-order chi connectivity index (χ1) is 12.7. The molecule has 0 unspecified atom stereocenters. The Morgan fingerprint density at radius 2 is 2.04 bits per heavy atom. The molecule has 1 aliphatic carbocycles. The van der Waals surface area contributed by atoms with Crippen LogP contribution >= 0.6 is 0 Å². The van der Waals surface area contributed by atoms with Crippen LogP contribution in [0.1, 0.15) is 36.1 Å². The van der Waals surface area contributed by atoms with Gasteiger partial charge in [0.05, 0.1) is 17.2 Å². The molecule has 1 fully saturated rings. The Bertz CT molecular complexity index is 862. The maximum Gasteiger partial charge on any atom is 0.416 e. The summed E-state index contributed by atoms with van der Waals surface area (Å²) in [5.41, 5.74) is -0.114. The van der Waals surface area contributed by atoms with Crippen molar-refractivity contribution in [3.8, 4) is 0 Å². The zero-order chi connectivity index (χ0) is 19.8. The monoisotopic (exact) mass is 382 g/mol. The molecule has 0 spiro atoms. The molecule has 0 saturated heterocycles. The van der Waals surface area contributed by atoms with E-state index in [0.717, 1.165) is 6.07 Å². The Kier molecular flexibility index (Phi) is 4.95. The summed E-state index contributed by atoms with van der Waals surface area (Å²) >= 11 is 0. The quantitative estimate of drug-likeness (QED) is 0.798. The summed E-state index contributed by atoms with van der Waals surface area (Å²) in [6, 6.07) is 6.66. The molecule has 1 aliphatic rings. The molecule has 1 N–H and O–H groups in total. The number of carbonyl (C=O) groups excluding carboxylic acids is 2. The zero-order valence-electron chi connectivity index (χ0n) is 14.5. The van der Waals surface area contributed by atoms with E-state index in [2.05, 4.69) is 10.5 Å². The number of hydrogen-bond donors (Lipinski definition) is 1. The second kappa shape index (κ2) is 7.05. The molecule has 1 heterocycles. The molecule has 1 aromatic heterocycles. The minimum absolute atomic E-state index is 0.0705. The highest BCUT2D eigenvalue weighted by Gasteiger charge is 2.49. The second-order valence-corrected chi connectivity index (χ2v) is 6.43. The lowest BCUT2D eigenvalue weighted by molar-refractivity contribution is -0.154. The highest BCUT2D eigenvalue weighted by atomic mass is 19.4. The topological polar surface area (TPSA) is 81.4 Å². The van der Waals surface area contributed by atoms with Crippen molar-refractivity contribution in [1.29, 1.82) is 0 Å². The first kappa shape index (κ1) is 18.9. The van der Waals surface area contributed by atoms with E-state index in [1.54, 1.807) is 6.92 Å². The van der Waals surface area contributed by atoms with E-state index in [-0.39, 0.29) is 17.9 Å². The molecule has 0 aliphatic heterocycles. The molecule has 1 saturated carbocycles. The fourth-order valence-corrected chi connectivity index (χ4v) is 2.84. The Morgan fingerprint density at radius 3 is 2.67 bits per heavy atom. The van der Waals surface area contributed by atoms with E-state index < -0.39 is 41.6 Å². The Hall–Kier alpha value is -2.84. The van der Waals surface area contributed by atoms with Crippen LogP contribution in [0, 0.1) is 12.8 Å². The number of halogens is 3. The molecular formula is C18H17F3N2O4. The molecule has 144 valence electrons. The lowest BCUT2D eigenvalue weighted by Crippen LogP contribution is -2.30. The highest BCUT2D eigenvalue weighted by Crippen LogP contribution is 2.51. The molecule has 1 amide bonds. The van der Waals surface area contributed by atoms with Crippen LogP contribution in [0.2, 0.25) is 0 Å². The number of carbonyl (C=O) groups is 2. The van der Waals surface area contributed by atoms with Gasteiger partial charge in [0.25, 0.3) is 5.91 Å². The zero-order valence-corrected chi connectivity index (χ0v) is 14.5. The van der Waals surface area contributed by atoms with Gasteiger partial charge in [0, 0.05) is 6.07 Å². The fraction of sp³-hybridized carbons (Fsp3) is 0.389. The molecule has 3 rings (SSSR count). The Labute approximate surface area is 152 Å².